The summed E-state index contributed by atoms with van der Waals surface area (Å²) >= 11 is 0. The molecule has 0 radical (unpaired) electrons. The Balaban J connectivity index is 2.15. The van der Waals surface area contributed by atoms with E-state index >= 15 is 0 Å². The summed E-state index contributed by atoms with van der Waals surface area (Å²) in [6.07, 6.45) is -3.93. The number of amides is 1. The van der Waals surface area contributed by atoms with E-state index in [1.807, 2.05) is 0 Å². The van der Waals surface area contributed by atoms with Gasteiger partial charge >= 0.3 is 5.97 Å². The maximum absolute atomic E-state index is 14.2. The molecule has 8 heteroatoms. The van der Waals surface area contributed by atoms with Gasteiger partial charge in [-0.1, -0.05) is 12.1 Å². The fourth-order valence-electron chi connectivity index (χ4n) is 4.24. The van der Waals surface area contributed by atoms with Crippen LogP contribution in [0.5, 0.6) is 0 Å². The van der Waals surface area contributed by atoms with Gasteiger partial charge in [-0.15, -0.1) is 0 Å². The van der Waals surface area contributed by atoms with Gasteiger partial charge in [0.15, 0.2) is 5.78 Å². The second-order valence-electron chi connectivity index (χ2n) is 8.30. The number of carbonyl (C=O) groups excluding carboxylic acids is 2. The van der Waals surface area contributed by atoms with Crippen molar-refractivity contribution in [2.45, 2.75) is 57.3 Å². The minimum atomic E-state index is -1.38. The first-order valence-electron chi connectivity index (χ1n) is 10.4. The number of ketones is 1. The molecule has 1 heterocycles. The highest BCUT2D eigenvalue weighted by Gasteiger charge is 2.35. The van der Waals surface area contributed by atoms with E-state index in [2.05, 4.69) is 0 Å². The first-order chi connectivity index (χ1) is 15.1. The zero-order valence-electron chi connectivity index (χ0n) is 17.9. The fourth-order valence-corrected chi connectivity index (χ4v) is 4.24. The number of carboxylic acid groups (broad SMARTS) is 1. The number of aliphatic hydroxyl groups is 2. The van der Waals surface area contributed by atoms with Crippen molar-refractivity contribution in [2.24, 2.45) is 0 Å². The zero-order chi connectivity index (χ0) is 23.6. The highest BCUT2D eigenvalue weighted by atomic mass is 19.1. The van der Waals surface area contributed by atoms with Gasteiger partial charge in [-0.25, -0.2) is 4.39 Å². The van der Waals surface area contributed by atoms with Gasteiger partial charge in [0.05, 0.1) is 24.3 Å². The minimum Gasteiger partial charge on any atom is -0.481 e. The number of aliphatic hydroxyl groups excluding tert-OH is 2. The molecule has 0 aromatic heterocycles. The van der Waals surface area contributed by atoms with E-state index in [1.165, 1.54) is 11.0 Å². The van der Waals surface area contributed by atoms with Crippen molar-refractivity contribution in [1.82, 2.24) is 0 Å². The van der Waals surface area contributed by atoms with Crippen LogP contribution in [0.15, 0.2) is 42.5 Å². The zero-order valence-corrected chi connectivity index (χ0v) is 17.9. The van der Waals surface area contributed by atoms with Gasteiger partial charge in [-0.05, 0) is 49.7 Å². The van der Waals surface area contributed by atoms with Crippen molar-refractivity contribution in [1.29, 1.82) is 0 Å². The molecule has 0 spiro atoms. The van der Waals surface area contributed by atoms with Crippen molar-refractivity contribution in [3.8, 4) is 0 Å². The van der Waals surface area contributed by atoms with Crippen LogP contribution in [0.2, 0.25) is 0 Å². The quantitative estimate of drug-likeness (QED) is 0.632. The van der Waals surface area contributed by atoms with E-state index in [9.17, 15) is 29.0 Å². The summed E-state index contributed by atoms with van der Waals surface area (Å²) < 4.78 is 14.2. The number of benzene rings is 2. The Kier molecular flexibility index (Phi) is 7.06. The van der Waals surface area contributed by atoms with Gasteiger partial charge < -0.3 is 20.2 Å². The molecule has 2 aromatic rings. The molecule has 0 unspecified atom stereocenters. The van der Waals surface area contributed by atoms with E-state index in [0.29, 0.717) is 5.69 Å². The number of hydrogen-bond donors (Lipinski definition) is 3. The SMILES string of the molecule is CC(C)N1C(=O)C[C@@H]([C@@H](O)C[C@@H](O)CC(=O)O)c2cc(F)ccc2C(=O)c2ccccc21. The predicted molar refractivity (Wildman–Crippen MR) is 115 cm³/mol. The van der Waals surface area contributed by atoms with Gasteiger partial charge in [-0.3, -0.25) is 14.4 Å². The van der Waals surface area contributed by atoms with E-state index in [0.717, 1.165) is 12.1 Å². The number of para-hydroxylation sites is 1. The lowest BCUT2D eigenvalue weighted by Gasteiger charge is -2.30. The van der Waals surface area contributed by atoms with Crippen molar-refractivity contribution in [2.75, 3.05) is 4.90 Å². The number of carboxylic acids is 1. The van der Waals surface area contributed by atoms with Gasteiger partial charge in [0.25, 0.3) is 0 Å². The van der Waals surface area contributed by atoms with E-state index in [1.54, 1.807) is 38.1 Å². The van der Waals surface area contributed by atoms with Crippen LogP contribution < -0.4 is 4.90 Å². The Morgan fingerprint density at radius 3 is 2.47 bits per heavy atom. The Hall–Kier alpha value is -3.10. The number of nitrogens with zero attached hydrogens (tertiary/aromatic N) is 1. The number of carbonyl (C=O) groups is 3. The third-order valence-corrected chi connectivity index (χ3v) is 5.63. The molecule has 7 nitrogen and oxygen atoms in total. The van der Waals surface area contributed by atoms with Crippen LogP contribution in [0, 0.1) is 5.82 Å². The number of rotatable bonds is 6. The lowest BCUT2D eigenvalue weighted by Crippen LogP contribution is -2.39. The van der Waals surface area contributed by atoms with Crippen molar-refractivity contribution < 1.29 is 34.1 Å². The van der Waals surface area contributed by atoms with Crippen LogP contribution in [0.1, 0.15) is 60.5 Å². The molecule has 3 rings (SSSR count). The summed E-state index contributed by atoms with van der Waals surface area (Å²) in [5, 5.41) is 29.8. The summed E-state index contributed by atoms with van der Waals surface area (Å²) in [5.74, 6) is -3.69. The Morgan fingerprint density at radius 2 is 1.81 bits per heavy atom. The number of hydrogen-bond acceptors (Lipinski definition) is 5. The topological polar surface area (TPSA) is 115 Å². The molecular formula is C24H26FNO6. The summed E-state index contributed by atoms with van der Waals surface area (Å²) in [6, 6.07) is 9.94. The van der Waals surface area contributed by atoms with Crippen LogP contribution >= 0.6 is 0 Å². The van der Waals surface area contributed by atoms with Crippen LogP contribution in [0.3, 0.4) is 0 Å². The number of anilines is 1. The van der Waals surface area contributed by atoms with Gasteiger partial charge in [0.2, 0.25) is 5.91 Å². The molecule has 1 aliphatic rings. The highest BCUT2D eigenvalue weighted by molar-refractivity contribution is 6.15. The molecule has 1 amide bonds. The Morgan fingerprint density at radius 1 is 1.12 bits per heavy atom. The van der Waals surface area contributed by atoms with Gasteiger partial charge in [0, 0.05) is 35.9 Å². The standard InChI is InChI=1S/C24H26FNO6/c1-13(2)26-20-6-4-3-5-17(20)24(32)16-8-7-14(25)9-18(16)19(12-22(26)29)21(28)10-15(27)11-23(30)31/h3-9,13,15,19,21,27-28H,10-12H2,1-2H3,(H,30,31)/t15-,19-,21+/m1/s1. The van der Waals surface area contributed by atoms with Crippen LogP contribution in [0.4, 0.5) is 10.1 Å². The maximum atomic E-state index is 14.2. The third-order valence-electron chi connectivity index (χ3n) is 5.63. The number of fused-ring (bicyclic) bond motifs is 2. The smallest absolute Gasteiger partial charge is 0.305 e. The summed E-state index contributed by atoms with van der Waals surface area (Å²) in [5.41, 5.74) is 1.00. The molecule has 170 valence electrons. The van der Waals surface area contributed by atoms with Crippen molar-refractivity contribution in [3.63, 3.8) is 0 Å². The van der Waals surface area contributed by atoms with Gasteiger partial charge in [0.1, 0.15) is 5.82 Å². The first kappa shape index (κ1) is 23.6. The molecular weight excluding hydrogens is 417 g/mol. The molecule has 0 fully saturated rings. The molecule has 0 bridgehead atoms. The lowest BCUT2D eigenvalue weighted by molar-refractivity contribution is -0.139. The lowest BCUT2D eigenvalue weighted by atomic mass is 9.83. The van der Waals surface area contributed by atoms with E-state index in [4.69, 9.17) is 5.11 Å². The molecule has 2 aromatic carbocycles. The average molecular weight is 443 g/mol. The highest BCUT2D eigenvalue weighted by Crippen LogP contribution is 2.36. The Bertz CT molecular complexity index is 1040. The number of aliphatic carboxylic acids is 1. The summed E-state index contributed by atoms with van der Waals surface area (Å²) in [7, 11) is 0. The van der Waals surface area contributed by atoms with Crippen LogP contribution in [-0.4, -0.2) is 51.2 Å². The monoisotopic (exact) mass is 443 g/mol. The van der Waals surface area contributed by atoms with Crippen LogP contribution in [-0.2, 0) is 9.59 Å². The second kappa shape index (κ2) is 9.58. The molecule has 3 N–H and O–H groups in total. The van der Waals surface area contributed by atoms with Crippen molar-refractivity contribution in [3.05, 3.63) is 65.0 Å². The average Bonchev–Trinajstić information content (AvgIpc) is 2.74. The molecule has 0 saturated heterocycles. The number of halogens is 1. The molecule has 1 aliphatic heterocycles. The van der Waals surface area contributed by atoms with E-state index < -0.39 is 42.1 Å². The Labute approximate surface area is 185 Å². The minimum absolute atomic E-state index is 0.147. The first-order valence-corrected chi connectivity index (χ1v) is 10.4. The molecule has 0 aliphatic carbocycles. The largest absolute Gasteiger partial charge is 0.481 e. The fraction of sp³-hybridized carbons (Fsp3) is 0.375. The predicted octanol–water partition coefficient (Wildman–Crippen LogP) is 2.87. The van der Waals surface area contributed by atoms with Crippen molar-refractivity contribution >= 4 is 23.3 Å². The maximum Gasteiger partial charge on any atom is 0.305 e. The summed E-state index contributed by atoms with van der Waals surface area (Å²) in [4.78, 5) is 39.2. The molecule has 3 atom stereocenters. The molecule has 0 saturated carbocycles. The third kappa shape index (κ3) is 4.87. The normalized spacial score (nSPS) is 18.3. The second-order valence-corrected chi connectivity index (χ2v) is 8.30. The molecule has 32 heavy (non-hydrogen) atoms. The summed E-state index contributed by atoms with van der Waals surface area (Å²) in [6.45, 7) is 3.60. The van der Waals surface area contributed by atoms with Gasteiger partial charge in [-0.2, -0.15) is 0 Å². The van der Waals surface area contributed by atoms with E-state index in [-0.39, 0.29) is 41.5 Å². The van der Waals surface area contributed by atoms with Crippen LogP contribution in [0.25, 0.3) is 0 Å².